The lowest BCUT2D eigenvalue weighted by molar-refractivity contribution is -0.265. The number of nitrogens with two attached hydrogens (primary N) is 1. The Balaban J connectivity index is 1.58. The van der Waals surface area contributed by atoms with Gasteiger partial charge in [-0.2, -0.15) is 27.1 Å². The molecule has 0 radical (unpaired) electrons. The molecule has 1 atom stereocenters. The second-order valence-corrected chi connectivity index (χ2v) is 11.2. The van der Waals surface area contributed by atoms with Crippen molar-refractivity contribution in [3.8, 4) is 22.8 Å². The van der Waals surface area contributed by atoms with Crippen molar-refractivity contribution in [1.29, 1.82) is 0 Å². The van der Waals surface area contributed by atoms with E-state index in [-0.39, 0.29) is 40.5 Å². The van der Waals surface area contributed by atoms with Crippen LogP contribution in [0.25, 0.3) is 22.2 Å². The van der Waals surface area contributed by atoms with Crippen molar-refractivity contribution in [1.82, 2.24) is 20.1 Å². The fraction of sp³-hybridized carbons (Fsp3) is 0.333. The molecule has 2 amide bonds. The van der Waals surface area contributed by atoms with Gasteiger partial charge in [-0.05, 0) is 50.1 Å². The minimum atomic E-state index is -5.57. The van der Waals surface area contributed by atoms with E-state index in [1.165, 1.54) is 6.92 Å². The van der Waals surface area contributed by atoms with Gasteiger partial charge < -0.3 is 25.6 Å². The summed E-state index contributed by atoms with van der Waals surface area (Å²) < 4.78 is 111. The molecule has 1 aliphatic carbocycles. The number of hydrogen-bond donors (Lipinski definition) is 3. The summed E-state index contributed by atoms with van der Waals surface area (Å²) in [5, 5.41) is 15.9. The zero-order valence-electron chi connectivity index (χ0n) is 24.7. The summed E-state index contributed by atoms with van der Waals surface area (Å²) in [5.74, 6) is -5.29. The van der Waals surface area contributed by atoms with E-state index in [1.807, 2.05) is 5.32 Å². The molecule has 4 N–H and O–H groups in total. The molecule has 10 nitrogen and oxygen atoms in total. The first-order chi connectivity index (χ1) is 22.5. The second-order valence-electron chi connectivity index (χ2n) is 10.8. The van der Waals surface area contributed by atoms with Gasteiger partial charge in [-0.3, -0.25) is 9.59 Å². The number of alkyl halides is 5. The highest BCUT2D eigenvalue weighted by Crippen LogP contribution is 2.43. The van der Waals surface area contributed by atoms with Gasteiger partial charge in [-0.25, -0.2) is 18.4 Å². The van der Waals surface area contributed by atoms with Gasteiger partial charge in [0.15, 0.2) is 5.82 Å². The monoisotopic (exact) mass is 703 g/mol. The molecule has 48 heavy (non-hydrogen) atoms. The lowest BCUT2D eigenvalue weighted by Crippen LogP contribution is -2.51. The number of nitrogens with one attached hydrogen (secondary N) is 1. The van der Waals surface area contributed by atoms with E-state index in [2.05, 4.69) is 10.1 Å². The standard InChI is InChI=1S/C30H25ClF7N5O5/c1-2-47-26-13(10-21(39)44)9-20(41-25(26)17-5-6-18(32)22(31)23(17)33)29(46,30(36,37)38)12-40-27(45)14-7-15-11-43(28(34)35)42-24(15)19(8-14)48-16-3-4-16/h5-9,11,16,28,46H,2-4,10,12H2,1H3,(H2,39,44)(H,40,45)/t29-/m0/s1. The quantitative estimate of drug-likeness (QED) is 0.129. The predicted octanol–water partition coefficient (Wildman–Crippen LogP) is 5.57. The highest BCUT2D eigenvalue weighted by atomic mass is 35.5. The number of rotatable bonds is 12. The van der Waals surface area contributed by atoms with E-state index < -0.39 is 82.5 Å². The van der Waals surface area contributed by atoms with Gasteiger partial charge >= 0.3 is 12.7 Å². The third kappa shape index (κ3) is 6.82. The maximum Gasteiger partial charge on any atom is 0.424 e. The van der Waals surface area contributed by atoms with E-state index in [1.54, 1.807) is 0 Å². The van der Waals surface area contributed by atoms with Gasteiger partial charge in [0, 0.05) is 28.3 Å². The van der Waals surface area contributed by atoms with E-state index in [0.717, 1.165) is 30.5 Å². The van der Waals surface area contributed by atoms with Crippen LogP contribution in [0.2, 0.25) is 5.02 Å². The average molecular weight is 704 g/mol. The maximum atomic E-state index is 15.2. The summed E-state index contributed by atoms with van der Waals surface area (Å²) in [6.45, 7) is -3.29. The molecular weight excluding hydrogens is 679 g/mol. The Labute approximate surface area is 271 Å². The van der Waals surface area contributed by atoms with Crippen LogP contribution >= 0.6 is 11.6 Å². The number of primary amides is 1. The Hall–Kier alpha value is -4.64. The number of fused-ring (bicyclic) bond motifs is 1. The zero-order valence-corrected chi connectivity index (χ0v) is 25.4. The normalized spacial score (nSPS) is 14.6. The third-order valence-corrected chi connectivity index (χ3v) is 7.61. The first-order valence-electron chi connectivity index (χ1n) is 14.2. The predicted molar refractivity (Wildman–Crippen MR) is 156 cm³/mol. The van der Waals surface area contributed by atoms with Crippen LogP contribution < -0.4 is 20.5 Å². The first-order valence-corrected chi connectivity index (χ1v) is 14.6. The molecule has 0 bridgehead atoms. The van der Waals surface area contributed by atoms with Gasteiger partial charge in [0.05, 0.1) is 31.4 Å². The van der Waals surface area contributed by atoms with Gasteiger partial charge in [-0.15, -0.1) is 0 Å². The average Bonchev–Trinajstić information content (AvgIpc) is 3.72. The summed E-state index contributed by atoms with van der Waals surface area (Å²) >= 11 is 5.71. The minimum absolute atomic E-state index is 0.00762. The van der Waals surface area contributed by atoms with Crippen molar-refractivity contribution in [2.75, 3.05) is 13.2 Å². The number of pyridine rings is 1. The number of hydrogen-bond acceptors (Lipinski definition) is 7. The molecule has 256 valence electrons. The van der Waals surface area contributed by atoms with Crippen LogP contribution in [0.1, 0.15) is 47.9 Å². The van der Waals surface area contributed by atoms with Gasteiger partial charge in [0.25, 0.3) is 5.91 Å². The number of amides is 2. The fourth-order valence-electron chi connectivity index (χ4n) is 4.77. The number of benzene rings is 2. The maximum absolute atomic E-state index is 15.2. The number of halogens is 8. The van der Waals surface area contributed by atoms with Crippen molar-refractivity contribution < 1.29 is 54.9 Å². The molecule has 1 fully saturated rings. The Kier molecular flexibility index (Phi) is 9.47. The molecule has 0 spiro atoms. The summed E-state index contributed by atoms with van der Waals surface area (Å²) in [6.07, 6.45) is -4.37. The Morgan fingerprint density at radius 3 is 2.50 bits per heavy atom. The van der Waals surface area contributed by atoms with E-state index in [9.17, 15) is 41.0 Å². The third-order valence-electron chi connectivity index (χ3n) is 7.26. The molecule has 18 heteroatoms. The van der Waals surface area contributed by atoms with Crippen LogP contribution in [-0.4, -0.2) is 57.1 Å². The number of carbonyl (C=O) groups is 2. The molecule has 0 saturated heterocycles. The highest BCUT2D eigenvalue weighted by Gasteiger charge is 2.57. The molecule has 0 aliphatic heterocycles. The number of carbonyl (C=O) groups excluding carboxylic acids is 2. The Morgan fingerprint density at radius 1 is 1.19 bits per heavy atom. The molecule has 2 aromatic carbocycles. The zero-order chi connectivity index (χ0) is 35.1. The van der Waals surface area contributed by atoms with Crippen LogP contribution in [0.15, 0.2) is 36.5 Å². The Morgan fingerprint density at radius 2 is 1.90 bits per heavy atom. The van der Waals surface area contributed by atoms with Gasteiger partial charge in [-0.1, -0.05) is 11.6 Å². The number of aliphatic hydroxyl groups is 1. The lowest BCUT2D eigenvalue weighted by Gasteiger charge is -2.31. The first kappa shape index (κ1) is 34.7. The number of ether oxygens (including phenoxy) is 2. The van der Waals surface area contributed by atoms with Gasteiger partial charge in [0.1, 0.15) is 33.5 Å². The van der Waals surface area contributed by atoms with Crippen LogP contribution in [0, 0.1) is 11.6 Å². The van der Waals surface area contributed by atoms with Crippen LogP contribution in [0.5, 0.6) is 11.5 Å². The number of nitrogens with zero attached hydrogens (tertiary/aromatic N) is 3. The van der Waals surface area contributed by atoms with Crippen molar-refractivity contribution in [2.24, 2.45) is 5.73 Å². The highest BCUT2D eigenvalue weighted by molar-refractivity contribution is 6.31. The van der Waals surface area contributed by atoms with Crippen molar-refractivity contribution >= 4 is 34.3 Å². The van der Waals surface area contributed by atoms with Crippen LogP contribution in [0.4, 0.5) is 30.7 Å². The van der Waals surface area contributed by atoms with Crippen molar-refractivity contribution in [3.63, 3.8) is 0 Å². The van der Waals surface area contributed by atoms with Gasteiger partial charge in [0.2, 0.25) is 11.5 Å². The summed E-state index contributed by atoms with van der Waals surface area (Å²) in [5.41, 5.74) is -1.88. The SMILES string of the molecule is CCOc1c(CC(N)=O)cc([C@@](O)(CNC(=O)c2cc(OC3CC3)c3nn(C(F)F)cc3c2)C(F)(F)F)nc1-c1ccc(F)c(Cl)c1F. The van der Waals surface area contributed by atoms with Crippen molar-refractivity contribution in [3.05, 3.63) is 70.0 Å². The molecule has 2 aromatic heterocycles. The Bertz CT molecular complexity index is 1900. The smallest absolute Gasteiger partial charge is 0.424 e. The largest absolute Gasteiger partial charge is 0.491 e. The lowest BCUT2D eigenvalue weighted by atomic mass is 9.93. The molecule has 0 unspecified atom stereocenters. The summed E-state index contributed by atoms with van der Waals surface area (Å²) in [6, 6.07) is 4.42. The molecule has 4 aromatic rings. The summed E-state index contributed by atoms with van der Waals surface area (Å²) in [7, 11) is 0. The van der Waals surface area contributed by atoms with Crippen LogP contribution in [0.3, 0.4) is 0 Å². The van der Waals surface area contributed by atoms with Crippen molar-refractivity contribution in [2.45, 2.75) is 50.6 Å². The van der Waals surface area contributed by atoms with E-state index in [0.29, 0.717) is 23.6 Å². The molecule has 2 heterocycles. The summed E-state index contributed by atoms with van der Waals surface area (Å²) in [4.78, 5) is 29.0. The number of aromatic nitrogens is 3. The van der Waals surface area contributed by atoms with E-state index >= 15 is 4.39 Å². The van der Waals surface area contributed by atoms with E-state index in [4.69, 9.17) is 26.8 Å². The molecule has 1 aliphatic rings. The second kappa shape index (κ2) is 13.1. The van der Waals surface area contributed by atoms with Crippen LogP contribution in [-0.2, 0) is 16.8 Å². The fourth-order valence-corrected chi connectivity index (χ4v) is 4.93. The topological polar surface area (TPSA) is 142 Å². The molecular formula is C30H25ClF7N5O5. The minimum Gasteiger partial charge on any atom is -0.491 e. The molecule has 1 saturated carbocycles. The molecule has 5 rings (SSSR count).